The number of carbonyl (C=O) groups excluding carboxylic acids is 1. The Morgan fingerprint density at radius 3 is 2.89 bits per heavy atom. The summed E-state index contributed by atoms with van der Waals surface area (Å²) in [4.78, 5) is 21.6. The molecule has 0 aliphatic carbocycles. The highest BCUT2D eigenvalue weighted by Crippen LogP contribution is 2.26. The van der Waals surface area contributed by atoms with E-state index in [4.69, 9.17) is 4.74 Å². The number of rotatable bonds is 5. The molecule has 0 bridgehead atoms. The van der Waals surface area contributed by atoms with E-state index in [0.717, 1.165) is 22.2 Å². The van der Waals surface area contributed by atoms with Crippen LogP contribution >= 0.6 is 0 Å². The van der Waals surface area contributed by atoms with Crippen LogP contribution in [0, 0.1) is 4.91 Å². The highest BCUT2D eigenvalue weighted by Gasteiger charge is 2.10. The van der Waals surface area contributed by atoms with Gasteiger partial charge in [-0.2, -0.15) is 0 Å². The fourth-order valence-corrected chi connectivity index (χ4v) is 2.03. The Morgan fingerprint density at radius 2 is 2.26 bits per heavy atom. The van der Waals surface area contributed by atoms with Gasteiger partial charge in [-0.3, -0.25) is 4.79 Å². The molecule has 0 saturated heterocycles. The van der Waals surface area contributed by atoms with Crippen LogP contribution in [0.1, 0.15) is 12.5 Å². The van der Waals surface area contributed by atoms with E-state index in [1.807, 2.05) is 6.07 Å². The van der Waals surface area contributed by atoms with Crippen molar-refractivity contribution in [1.29, 1.82) is 0 Å². The van der Waals surface area contributed by atoms with E-state index in [2.05, 4.69) is 10.6 Å². The number of nitrogens with one attached hydrogen (secondary N) is 1. The molecule has 0 unspecified atom stereocenters. The summed E-state index contributed by atoms with van der Waals surface area (Å²) < 4.78 is 6.46. The van der Waals surface area contributed by atoms with Crippen molar-refractivity contribution >= 4 is 16.8 Å². The maximum absolute atomic E-state index is 10.9. The smallest absolute Gasteiger partial charge is 0.216 e. The molecule has 1 amide bonds. The van der Waals surface area contributed by atoms with E-state index in [9.17, 15) is 9.70 Å². The quantitative estimate of drug-likeness (QED) is 0.835. The average Bonchev–Trinajstić information content (AvgIpc) is 2.76. The largest absolute Gasteiger partial charge is 0.497 e. The second-order valence-corrected chi connectivity index (χ2v) is 4.20. The lowest BCUT2D eigenvalue weighted by atomic mass is 10.1. The molecule has 19 heavy (non-hydrogen) atoms. The molecule has 1 N–H and O–H groups in total. The Kier molecular flexibility index (Phi) is 3.79. The Balaban J connectivity index is 2.35. The minimum Gasteiger partial charge on any atom is -0.497 e. The number of amides is 1. The summed E-state index contributed by atoms with van der Waals surface area (Å²) in [6, 6.07) is 5.43. The fourth-order valence-electron chi connectivity index (χ4n) is 2.03. The zero-order valence-electron chi connectivity index (χ0n) is 10.8. The van der Waals surface area contributed by atoms with Crippen molar-refractivity contribution in [2.24, 2.45) is 5.29 Å². The van der Waals surface area contributed by atoms with Crippen LogP contribution in [0.15, 0.2) is 29.7 Å². The molecule has 1 aromatic heterocycles. The Labute approximate surface area is 110 Å². The van der Waals surface area contributed by atoms with Crippen LogP contribution in [0.4, 0.5) is 0 Å². The standard InChI is InChI=1S/C13H15N3O3/c1-9(17)14-6-5-10-8-16(15-18)13-4-3-11(19-2)7-12(10)13/h3-4,7-8H,5-6H2,1-2H3,(H,14,17). The molecule has 0 saturated carbocycles. The molecule has 0 spiro atoms. The third kappa shape index (κ3) is 2.73. The Hall–Kier alpha value is -2.37. The zero-order chi connectivity index (χ0) is 13.8. The predicted molar refractivity (Wildman–Crippen MR) is 72.1 cm³/mol. The van der Waals surface area contributed by atoms with E-state index < -0.39 is 0 Å². The van der Waals surface area contributed by atoms with Gasteiger partial charge in [0.25, 0.3) is 0 Å². The highest BCUT2D eigenvalue weighted by atomic mass is 16.5. The molecule has 2 aromatic rings. The van der Waals surface area contributed by atoms with E-state index in [1.165, 1.54) is 11.6 Å². The van der Waals surface area contributed by atoms with Crippen molar-refractivity contribution in [3.05, 3.63) is 34.9 Å². The van der Waals surface area contributed by atoms with Crippen LogP contribution in [-0.4, -0.2) is 24.2 Å². The summed E-state index contributed by atoms with van der Waals surface area (Å²) in [5.74, 6) is 0.645. The van der Waals surface area contributed by atoms with Gasteiger partial charge in [0.2, 0.25) is 5.91 Å². The summed E-state index contributed by atoms with van der Waals surface area (Å²) in [6.07, 6.45) is 2.31. The lowest BCUT2D eigenvalue weighted by molar-refractivity contribution is -0.118. The van der Waals surface area contributed by atoms with Crippen molar-refractivity contribution in [3.63, 3.8) is 0 Å². The van der Waals surface area contributed by atoms with Gasteiger partial charge in [-0.15, -0.1) is 4.91 Å². The van der Waals surface area contributed by atoms with Gasteiger partial charge in [-0.25, -0.2) is 4.68 Å². The SMILES string of the molecule is COc1ccc2c(c1)c(CCNC(C)=O)cn2N=O. The number of hydrogen-bond donors (Lipinski definition) is 1. The van der Waals surface area contributed by atoms with Crippen LogP contribution in [0.5, 0.6) is 5.75 Å². The molecule has 0 aliphatic rings. The third-order valence-corrected chi connectivity index (χ3v) is 2.93. The zero-order valence-corrected chi connectivity index (χ0v) is 10.8. The first kappa shape index (κ1) is 13.1. The maximum Gasteiger partial charge on any atom is 0.216 e. The first-order valence-electron chi connectivity index (χ1n) is 5.91. The van der Waals surface area contributed by atoms with Crippen LogP contribution in [-0.2, 0) is 11.2 Å². The Bertz CT molecular complexity index is 619. The lowest BCUT2D eigenvalue weighted by Crippen LogP contribution is -2.22. The molecular formula is C13H15N3O3. The molecule has 0 fully saturated rings. The number of benzene rings is 1. The normalized spacial score (nSPS) is 10.4. The number of methoxy groups -OCH3 is 1. The number of hydrogen-bond acceptors (Lipinski definition) is 4. The third-order valence-electron chi connectivity index (χ3n) is 2.93. The molecule has 0 atom stereocenters. The molecule has 2 rings (SSSR count). The molecule has 0 aliphatic heterocycles. The van der Waals surface area contributed by atoms with E-state index >= 15 is 0 Å². The van der Waals surface area contributed by atoms with Gasteiger partial charge in [-0.1, -0.05) is 0 Å². The topological polar surface area (TPSA) is 72.7 Å². The first-order valence-corrected chi connectivity index (χ1v) is 5.91. The molecular weight excluding hydrogens is 246 g/mol. The van der Waals surface area contributed by atoms with Gasteiger partial charge in [0, 0.05) is 25.1 Å². The van der Waals surface area contributed by atoms with E-state index in [-0.39, 0.29) is 5.91 Å². The van der Waals surface area contributed by atoms with Gasteiger partial charge in [0.05, 0.1) is 17.9 Å². The summed E-state index contributed by atoms with van der Waals surface area (Å²) in [5.41, 5.74) is 1.68. The fraction of sp³-hybridized carbons (Fsp3) is 0.308. The van der Waals surface area contributed by atoms with Crippen LogP contribution in [0.25, 0.3) is 10.9 Å². The summed E-state index contributed by atoms with van der Waals surface area (Å²) >= 11 is 0. The van der Waals surface area contributed by atoms with Crippen molar-refractivity contribution < 1.29 is 9.53 Å². The van der Waals surface area contributed by atoms with Crippen molar-refractivity contribution in [2.75, 3.05) is 13.7 Å². The minimum atomic E-state index is -0.0742. The summed E-state index contributed by atoms with van der Waals surface area (Å²) in [6.45, 7) is 1.99. The number of ether oxygens (including phenoxy) is 1. The molecule has 6 nitrogen and oxygen atoms in total. The Morgan fingerprint density at radius 1 is 1.47 bits per heavy atom. The molecule has 1 heterocycles. The van der Waals surface area contributed by atoms with Gasteiger partial charge in [-0.05, 0) is 30.2 Å². The van der Waals surface area contributed by atoms with Crippen LogP contribution in [0.2, 0.25) is 0 Å². The number of nitrogens with zero attached hydrogens (tertiary/aromatic N) is 2. The minimum absolute atomic E-state index is 0.0742. The molecule has 1 aromatic carbocycles. The number of nitroso groups, excluding NO2 is 1. The monoisotopic (exact) mass is 261 g/mol. The van der Waals surface area contributed by atoms with Gasteiger partial charge in [0.1, 0.15) is 5.75 Å². The average molecular weight is 261 g/mol. The first-order chi connectivity index (χ1) is 9.15. The van der Waals surface area contributed by atoms with Crippen molar-refractivity contribution in [3.8, 4) is 5.75 Å². The number of carbonyl (C=O) groups is 1. The van der Waals surface area contributed by atoms with Crippen LogP contribution in [0.3, 0.4) is 0 Å². The predicted octanol–water partition coefficient (Wildman–Crippen LogP) is 1.86. The van der Waals surface area contributed by atoms with Gasteiger partial charge >= 0.3 is 0 Å². The van der Waals surface area contributed by atoms with E-state index in [1.54, 1.807) is 25.4 Å². The van der Waals surface area contributed by atoms with Gasteiger partial charge in [0.15, 0.2) is 0 Å². The molecule has 100 valence electrons. The maximum atomic E-state index is 10.9. The summed E-state index contributed by atoms with van der Waals surface area (Å²) in [5, 5.41) is 6.59. The van der Waals surface area contributed by atoms with E-state index in [0.29, 0.717) is 13.0 Å². The summed E-state index contributed by atoms with van der Waals surface area (Å²) in [7, 11) is 1.59. The number of aromatic nitrogens is 1. The lowest BCUT2D eigenvalue weighted by Gasteiger charge is -2.02. The molecule has 6 heteroatoms. The second kappa shape index (κ2) is 5.51. The van der Waals surface area contributed by atoms with Crippen molar-refractivity contribution in [2.45, 2.75) is 13.3 Å². The van der Waals surface area contributed by atoms with Crippen molar-refractivity contribution in [1.82, 2.24) is 9.99 Å². The van der Waals surface area contributed by atoms with Gasteiger partial charge < -0.3 is 10.1 Å². The van der Waals surface area contributed by atoms with Crippen LogP contribution < -0.4 is 10.1 Å². The molecule has 0 radical (unpaired) electrons. The number of fused-ring (bicyclic) bond motifs is 1. The second-order valence-electron chi connectivity index (χ2n) is 4.20. The highest BCUT2D eigenvalue weighted by molar-refractivity contribution is 5.85.